The van der Waals surface area contributed by atoms with Crippen molar-refractivity contribution in [3.63, 3.8) is 0 Å². The maximum atomic E-state index is 13.6. The topological polar surface area (TPSA) is 31.1 Å². The standard InChI is InChI=1S/C13H16FN3/c1-17-6-5-15-8-12(17)10-7-16-13-9(10)3-2-4-11(13)14/h2-4,7,12,15-16H,5-6,8H2,1H3. The van der Waals surface area contributed by atoms with E-state index in [1.807, 2.05) is 12.3 Å². The van der Waals surface area contributed by atoms with Crippen molar-refractivity contribution in [3.05, 3.63) is 35.8 Å². The molecule has 1 fully saturated rings. The van der Waals surface area contributed by atoms with E-state index in [4.69, 9.17) is 0 Å². The number of para-hydroxylation sites is 1. The summed E-state index contributed by atoms with van der Waals surface area (Å²) in [4.78, 5) is 5.35. The molecule has 90 valence electrons. The van der Waals surface area contributed by atoms with Crippen LogP contribution in [0.1, 0.15) is 11.6 Å². The summed E-state index contributed by atoms with van der Waals surface area (Å²) in [7, 11) is 2.11. The zero-order chi connectivity index (χ0) is 11.8. The van der Waals surface area contributed by atoms with Crippen molar-refractivity contribution in [1.82, 2.24) is 15.2 Å². The summed E-state index contributed by atoms with van der Waals surface area (Å²) in [5, 5.41) is 4.37. The molecule has 0 bridgehead atoms. The van der Waals surface area contributed by atoms with Crippen molar-refractivity contribution in [2.75, 3.05) is 26.7 Å². The number of nitrogens with zero attached hydrogens (tertiary/aromatic N) is 1. The van der Waals surface area contributed by atoms with Crippen molar-refractivity contribution < 1.29 is 4.39 Å². The van der Waals surface area contributed by atoms with Gasteiger partial charge < -0.3 is 10.3 Å². The third kappa shape index (κ3) is 1.73. The van der Waals surface area contributed by atoms with Crippen LogP contribution in [0.5, 0.6) is 0 Å². The summed E-state index contributed by atoms with van der Waals surface area (Å²) in [5.74, 6) is -0.180. The van der Waals surface area contributed by atoms with Crippen molar-refractivity contribution in [3.8, 4) is 0 Å². The van der Waals surface area contributed by atoms with Gasteiger partial charge in [-0.25, -0.2) is 4.39 Å². The van der Waals surface area contributed by atoms with Crippen LogP contribution in [-0.2, 0) is 0 Å². The molecule has 1 aliphatic rings. The van der Waals surface area contributed by atoms with Gasteiger partial charge in [0.15, 0.2) is 0 Å². The normalized spacial score (nSPS) is 22.1. The average Bonchev–Trinajstić information content (AvgIpc) is 2.75. The zero-order valence-electron chi connectivity index (χ0n) is 9.83. The van der Waals surface area contributed by atoms with Crippen LogP contribution in [0.2, 0.25) is 0 Å². The molecule has 1 unspecified atom stereocenters. The number of hydrogen-bond donors (Lipinski definition) is 2. The molecule has 2 heterocycles. The van der Waals surface area contributed by atoms with Crippen LogP contribution in [0.15, 0.2) is 24.4 Å². The Labute approximate surface area is 99.6 Å². The van der Waals surface area contributed by atoms with Gasteiger partial charge in [-0.3, -0.25) is 4.90 Å². The van der Waals surface area contributed by atoms with Crippen LogP contribution in [0.25, 0.3) is 10.9 Å². The number of likely N-dealkylation sites (N-methyl/N-ethyl adjacent to an activating group) is 1. The first kappa shape index (κ1) is 10.7. The van der Waals surface area contributed by atoms with E-state index in [-0.39, 0.29) is 5.82 Å². The van der Waals surface area contributed by atoms with Crippen LogP contribution in [0, 0.1) is 5.82 Å². The van der Waals surface area contributed by atoms with Gasteiger partial charge in [0.05, 0.1) is 5.52 Å². The van der Waals surface area contributed by atoms with E-state index < -0.39 is 0 Å². The lowest BCUT2D eigenvalue weighted by atomic mass is 10.0. The van der Waals surface area contributed by atoms with E-state index in [0.717, 1.165) is 25.0 Å². The molecular weight excluding hydrogens is 217 g/mol. The third-order valence-electron chi connectivity index (χ3n) is 3.57. The van der Waals surface area contributed by atoms with E-state index in [9.17, 15) is 4.39 Å². The Hall–Kier alpha value is -1.39. The fraction of sp³-hybridized carbons (Fsp3) is 0.385. The SMILES string of the molecule is CN1CCNCC1c1c[nH]c2c(F)cccc12. The van der Waals surface area contributed by atoms with Gasteiger partial charge in [-0.2, -0.15) is 0 Å². The van der Waals surface area contributed by atoms with Gasteiger partial charge in [0.25, 0.3) is 0 Å². The van der Waals surface area contributed by atoms with Crippen molar-refractivity contribution >= 4 is 10.9 Å². The second-order valence-electron chi connectivity index (χ2n) is 4.61. The van der Waals surface area contributed by atoms with Crippen LogP contribution < -0.4 is 5.32 Å². The fourth-order valence-corrected chi connectivity index (χ4v) is 2.57. The second kappa shape index (κ2) is 4.13. The Morgan fingerprint density at radius 1 is 1.41 bits per heavy atom. The molecule has 4 heteroatoms. The number of benzene rings is 1. The Kier molecular flexibility index (Phi) is 2.61. The molecule has 1 aromatic heterocycles. The molecule has 2 N–H and O–H groups in total. The molecule has 1 aromatic carbocycles. The number of H-pyrrole nitrogens is 1. The van der Waals surface area contributed by atoms with Crippen LogP contribution >= 0.6 is 0 Å². The quantitative estimate of drug-likeness (QED) is 0.788. The molecular formula is C13H16FN3. The number of fused-ring (bicyclic) bond motifs is 1. The number of hydrogen-bond acceptors (Lipinski definition) is 2. The summed E-state index contributed by atoms with van der Waals surface area (Å²) < 4.78 is 13.6. The lowest BCUT2D eigenvalue weighted by Crippen LogP contribution is -2.43. The molecule has 17 heavy (non-hydrogen) atoms. The molecule has 0 spiro atoms. The number of halogens is 1. The number of nitrogens with one attached hydrogen (secondary N) is 2. The van der Waals surface area contributed by atoms with E-state index >= 15 is 0 Å². The largest absolute Gasteiger partial charge is 0.358 e. The summed E-state index contributed by atoms with van der Waals surface area (Å²) in [6, 6.07) is 5.56. The highest BCUT2D eigenvalue weighted by molar-refractivity contribution is 5.84. The van der Waals surface area contributed by atoms with Crippen LogP contribution in [0.4, 0.5) is 4.39 Å². The number of aromatic nitrogens is 1. The van der Waals surface area contributed by atoms with Gasteiger partial charge >= 0.3 is 0 Å². The highest BCUT2D eigenvalue weighted by Gasteiger charge is 2.23. The first-order chi connectivity index (χ1) is 8.27. The lowest BCUT2D eigenvalue weighted by molar-refractivity contribution is 0.203. The minimum Gasteiger partial charge on any atom is -0.358 e. The first-order valence-electron chi connectivity index (χ1n) is 5.94. The molecule has 2 aromatic rings. The predicted octanol–water partition coefficient (Wildman–Crippen LogP) is 1.88. The van der Waals surface area contributed by atoms with E-state index in [2.05, 4.69) is 22.2 Å². The molecule has 3 nitrogen and oxygen atoms in total. The summed E-state index contributed by atoms with van der Waals surface area (Å²) in [6.45, 7) is 2.95. The maximum Gasteiger partial charge on any atom is 0.147 e. The van der Waals surface area contributed by atoms with E-state index in [0.29, 0.717) is 11.6 Å². The van der Waals surface area contributed by atoms with Crippen molar-refractivity contribution in [2.24, 2.45) is 0 Å². The van der Waals surface area contributed by atoms with Gasteiger partial charge in [-0.15, -0.1) is 0 Å². The van der Waals surface area contributed by atoms with Crippen molar-refractivity contribution in [1.29, 1.82) is 0 Å². The highest BCUT2D eigenvalue weighted by atomic mass is 19.1. The van der Waals surface area contributed by atoms with Gasteiger partial charge in [-0.05, 0) is 18.7 Å². The van der Waals surface area contributed by atoms with Crippen LogP contribution in [-0.4, -0.2) is 36.6 Å². The molecule has 3 rings (SSSR count). The van der Waals surface area contributed by atoms with Gasteiger partial charge in [0.1, 0.15) is 5.82 Å². The molecule has 0 amide bonds. The van der Waals surface area contributed by atoms with Gasteiger partial charge in [0.2, 0.25) is 0 Å². The van der Waals surface area contributed by atoms with Gasteiger partial charge in [0, 0.05) is 37.3 Å². The monoisotopic (exact) mass is 233 g/mol. The Balaban J connectivity index is 2.08. The average molecular weight is 233 g/mol. The van der Waals surface area contributed by atoms with Crippen LogP contribution in [0.3, 0.4) is 0 Å². The lowest BCUT2D eigenvalue weighted by Gasteiger charge is -2.33. The second-order valence-corrected chi connectivity index (χ2v) is 4.61. The molecule has 0 saturated carbocycles. The number of piperazine rings is 1. The molecule has 1 atom stereocenters. The molecule has 1 saturated heterocycles. The zero-order valence-corrected chi connectivity index (χ0v) is 9.83. The van der Waals surface area contributed by atoms with Crippen molar-refractivity contribution in [2.45, 2.75) is 6.04 Å². The molecule has 1 aliphatic heterocycles. The number of rotatable bonds is 1. The minimum atomic E-state index is -0.180. The Morgan fingerprint density at radius 3 is 3.12 bits per heavy atom. The fourth-order valence-electron chi connectivity index (χ4n) is 2.57. The van der Waals surface area contributed by atoms with E-state index in [1.54, 1.807) is 6.07 Å². The summed E-state index contributed by atoms with van der Waals surface area (Å²) in [5.41, 5.74) is 1.79. The molecule has 0 radical (unpaired) electrons. The Morgan fingerprint density at radius 2 is 2.29 bits per heavy atom. The summed E-state index contributed by atoms with van der Waals surface area (Å²) in [6.07, 6.45) is 1.93. The maximum absolute atomic E-state index is 13.6. The third-order valence-corrected chi connectivity index (χ3v) is 3.57. The number of aromatic amines is 1. The summed E-state index contributed by atoms with van der Waals surface area (Å²) >= 11 is 0. The Bertz CT molecular complexity index is 534. The first-order valence-corrected chi connectivity index (χ1v) is 5.94. The predicted molar refractivity (Wildman–Crippen MR) is 66.5 cm³/mol. The minimum absolute atomic E-state index is 0.180. The van der Waals surface area contributed by atoms with E-state index in [1.165, 1.54) is 11.6 Å². The smallest absolute Gasteiger partial charge is 0.147 e. The van der Waals surface area contributed by atoms with Gasteiger partial charge in [-0.1, -0.05) is 12.1 Å². The molecule has 0 aliphatic carbocycles. The highest BCUT2D eigenvalue weighted by Crippen LogP contribution is 2.29.